The Labute approximate surface area is 152 Å². The lowest BCUT2D eigenvalue weighted by Gasteiger charge is -2.26. The van der Waals surface area contributed by atoms with Crippen molar-refractivity contribution in [3.05, 3.63) is 101 Å². The third-order valence-corrected chi connectivity index (χ3v) is 5.42. The second kappa shape index (κ2) is 5.52. The molecule has 5 rings (SSSR count). The number of rotatable bonds is 2. The van der Waals surface area contributed by atoms with Gasteiger partial charge in [-0.1, -0.05) is 72.8 Å². The quantitative estimate of drug-likeness (QED) is 0.558. The van der Waals surface area contributed by atoms with E-state index in [0.717, 1.165) is 44.4 Å². The van der Waals surface area contributed by atoms with Crippen LogP contribution >= 0.6 is 0 Å². The number of pyridine rings is 1. The van der Waals surface area contributed by atoms with Gasteiger partial charge in [-0.25, -0.2) is 4.98 Å². The van der Waals surface area contributed by atoms with Crippen LogP contribution in [0.1, 0.15) is 22.3 Å². The predicted octanol–water partition coefficient (Wildman–Crippen LogP) is 5.00. The minimum Gasteiger partial charge on any atom is -0.380 e. The number of nitrogens with zero attached hydrogens (tertiary/aromatic N) is 1. The van der Waals surface area contributed by atoms with Gasteiger partial charge in [0.25, 0.3) is 0 Å². The standard InChI is InChI=1S/C24H19NO/c1-16-8-7-11-18-14-21-23(25-22(16)18)19-12-5-6-13-20(19)24(21,26)15-17-9-3-2-4-10-17/h2-14,26H,15H2,1H3. The van der Waals surface area contributed by atoms with E-state index in [-0.39, 0.29) is 0 Å². The zero-order valence-corrected chi connectivity index (χ0v) is 14.6. The van der Waals surface area contributed by atoms with Crippen LogP contribution in [-0.4, -0.2) is 10.1 Å². The lowest BCUT2D eigenvalue weighted by Crippen LogP contribution is -2.27. The molecule has 0 spiro atoms. The molecule has 126 valence electrons. The Morgan fingerprint density at radius 3 is 2.46 bits per heavy atom. The van der Waals surface area contributed by atoms with Crippen molar-refractivity contribution in [2.45, 2.75) is 18.9 Å². The molecule has 0 radical (unpaired) electrons. The van der Waals surface area contributed by atoms with Gasteiger partial charge in [0.2, 0.25) is 0 Å². The van der Waals surface area contributed by atoms with Crippen LogP contribution in [0.5, 0.6) is 0 Å². The number of aryl methyl sites for hydroxylation is 1. The van der Waals surface area contributed by atoms with E-state index >= 15 is 0 Å². The molecule has 26 heavy (non-hydrogen) atoms. The molecule has 1 aliphatic rings. The highest BCUT2D eigenvalue weighted by molar-refractivity contribution is 5.89. The molecule has 4 aromatic rings. The van der Waals surface area contributed by atoms with E-state index in [9.17, 15) is 5.11 Å². The van der Waals surface area contributed by atoms with E-state index in [4.69, 9.17) is 4.98 Å². The summed E-state index contributed by atoms with van der Waals surface area (Å²) >= 11 is 0. The molecule has 2 heteroatoms. The van der Waals surface area contributed by atoms with Crippen molar-refractivity contribution in [1.82, 2.24) is 4.98 Å². The maximum absolute atomic E-state index is 11.8. The van der Waals surface area contributed by atoms with Gasteiger partial charge in [0.05, 0.1) is 11.2 Å². The number of hydrogen-bond acceptors (Lipinski definition) is 2. The monoisotopic (exact) mass is 337 g/mol. The van der Waals surface area contributed by atoms with Crippen molar-refractivity contribution in [2.24, 2.45) is 0 Å². The van der Waals surface area contributed by atoms with Crippen LogP contribution in [-0.2, 0) is 12.0 Å². The van der Waals surface area contributed by atoms with Crippen LogP contribution in [0.25, 0.3) is 22.2 Å². The predicted molar refractivity (Wildman–Crippen MR) is 105 cm³/mol. The summed E-state index contributed by atoms with van der Waals surface area (Å²) in [5.74, 6) is 0. The molecule has 0 amide bonds. The van der Waals surface area contributed by atoms with Gasteiger partial charge in [0.15, 0.2) is 0 Å². The molecule has 0 bridgehead atoms. The van der Waals surface area contributed by atoms with Gasteiger partial charge >= 0.3 is 0 Å². The van der Waals surface area contributed by atoms with Crippen molar-refractivity contribution >= 4 is 10.9 Å². The Morgan fingerprint density at radius 2 is 1.62 bits per heavy atom. The summed E-state index contributed by atoms with van der Waals surface area (Å²) in [6, 6.07) is 26.6. The van der Waals surface area contributed by atoms with Gasteiger partial charge in [0, 0.05) is 22.9 Å². The molecule has 1 heterocycles. The smallest absolute Gasteiger partial charge is 0.121 e. The first kappa shape index (κ1) is 15.3. The summed E-state index contributed by atoms with van der Waals surface area (Å²) in [6.07, 6.45) is 0.539. The van der Waals surface area contributed by atoms with Gasteiger partial charge < -0.3 is 5.11 Å². The molecule has 0 fully saturated rings. The fourth-order valence-electron chi connectivity index (χ4n) is 4.14. The zero-order valence-electron chi connectivity index (χ0n) is 14.6. The first-order valence-electron chi connectivity index (χ1n) is 8.94. The number of benzene rings is 3. The highest BCUT2D eigenvalue weighted by atomic mass is 16.3. The third kappa shape index (κ3) is 2.12. The minimum absolute atomic E-state index is 0.539. The average molecular weight is 337 g/mol. The third-order valence-electron chi connectivity index (χ3n) is 5.42. The number of aliphatic hydroxyl groups is 1. The van der Waals surface area contributed by atoms with Gasteiger partial charge in [0.1, 0.15) is 5.60 Å². The van der Waals surface area contributed by atoms with Crippen molar-refractivity contribution in [3.8, 4) is 11.3 Å². The van der Waals surface area contributed by atoms with Crippen LogP contribution in [0.15, 0.2) is 78.9 Å². The fraction of sp³-hybridized carbons (Fsp3) is 0.125. The van der Waals surface area contributed by atoms with Crippen LogP contribution in [0.2, 0.25) is 0 Å². The number of fused-ring (bicyclic) bond motifs is 4. The molecular weight excluding hydrogens is 318 g/mol. The summed E-state index contributed by atoms with van der Waals surface area (Å²) in [4.78, 5) is 4.97. The van der Waals surface area contributed by atoms with Gasteiger partial charge in [-0.15, -0.1) is 0 Å². The number of hydrogen-bond donors (Lipinski definition) is 1. The molecule has 1 unspecified atom stereocenters. The number of para-hydroxylation sites is 1. The van der Waals surface area contributed by atoms with Crippen LogP contribution < -0.4 is 0 Å². The highest BCUT2D eigenvalue weighted by Gasteiger charge is 2.42. The maximum atomic E-state index is 11.8. The van der Waals surface area contributed by atoms with Gasteiger partial charge in [-0.05, 0) is 29.7 Å². The molecule has 1 N–H and O–H groups in total. The SMILES string of the molecule is Cc1cccc2cc3c(nc12)-c1ccccc1C3(O)Cc1ccccc1. The molecule has 1 aliphatic carbocycles. The fourth-order valence-corrected chi connectivity index (χ4v) is 4.14. The second-order valence-corrected chi connectivity index (χ2v) is 7.10. The van der Waals surface area contributed by atoms with E-state index in [1.807, 2.05) is 42.5 Å². The molecular formula is C24H19NO. The second-order valence-electron chi connectivity index (χ2n) is 7.10. The van der Waals surface area contributed by atoms with E-state index < -0.39 is 5.60 Å². The Morgan fingerprint density at radius 1 is 0.846 bits per heavy atom. The Balaban J connectivity index is 1.80. The highest BCUT2D eigenvalue weighted by Crippen LogP contribution is 2.49. The summed E-state index contributed by atoms with van der Waals surface area (Å²) < 4.78 is 0. The summed E-state index contributed by atoms with van der Waals surface area (Å²) in [7, 11) is 0. The molecule has 0 saturated carbocycles. The lowest BCUT2D eigenvalue weighted by molar-refractivity contribution is 0.0860. The molecule has 3 aromatic carbocycles. The van der Waals surface area contributed by atoms with Crippen molar-refractivity contribution in [2.75, 3.05) is 0 Å². The summed E-state index contributed by atoms with van der Waals surface area (Å²) in [5, 5.41) is 12.9. The molecule has 2 nitrogen and oxygen atoms in total. The lowest BCUT2D eigenvalue weighted by atomic mass is 9.85. The number of aromatic nitrogens is 1. The zero-order chi connectivity index (χ0) is 17.7. The Kier molecular flexibility index (Phi) is 3.25. The van der Waals surface area contributed by atoms with Crippen LogP contribution in [0.4, 0.5) is 0 Å². The van der Waals surface area contributed by atoms with E-state index in [1.165, 1.54) is 0 Å². The molecule has 1 aromatic heterocycles. The minimum atomic E-state index is -1.06. The first-order chi connectivity index (χ1) is 12.7. The van der Waals surface area contributed by atoms with Gasteiger partial charge in [-0.3, -0.25) is 0 Å². The Hall–Kier alpha value is -2.97. The normalized spacial score (nSPS) is 17.9. The molecule has 0 saturated heterocycles. The van der Waals surface area contributed by atoms with Crippen LogP contribution in [0.3, 0.4) is 0 Å². The van der Waals surface area contributed by atoms with E-state index in [2.05, 4.69) is 43.3 Å². The molecule has 1 atom stereocenters. The van der Waals surface area contributed by atoms with Crippen molar-refractivity contribution in [3.63, 3.8) is 0 Å². The average Bonchev–Trinajstić information content (AvgIpc) is 2.91. The Bertz CT molecular complexity index is 1130. The topological polar surface area (TPSA) is 33.1 Å². The first-order valence-corrected chi connectivity index (χ1v) is 8.94. The van der Waals surface area contributed by atoms with E-state index in [0.29, 0.717) is 6.42 Å². The maximum Gasteiger partial charge on any atom is 0.121 e. The largest absolute Gasteiger partial charge is 0.380 e. The molecule has 0 aliphatic heterocycles. The summed E-state index contributed by atoms with van der Waals surface area (Å²) in [5.41, 5.74) is 6.00. The summed E-state index contributed by atoms with van der Waals surface area (Å²) in [6.45, 7) is 2.08. The van der Waals surface area contributed by atoms with Crippen molar-refractivity contribution < 1.29 is 5.11 Å². The van der Waals surface area contributed by atoms with Gasteiger partial charge in [-0.2, -0.15) is 0 Å². The van der Waals surface area contributed by atoms with Crippen LogP contribution in [0, 0.1) is 6.92 Å². The van der Waals surface area contributed by atoms with E-state index in [1.54, 1.807) is 0 Å². The van der Waals surface area contributed by atoms with Crippen molar-refractivity contribution in [1.29, 1.82) is 0 Å².